The molecule has 0 aliphatic carbocycles. The molecule has 0 unspecified atom stereocenters. The first-order valence-electron chi connectivity index (χ1n) is 6.84. The molecule has 23 heavy (non-hydrogen) atoms. The molecule has 0 radical (unpaired) electrons. The van der Waals surface area contributed by atoms with E-state index >= 15 is 0 Å². The number of carboxylic acid groups (broad SMARTS) is 1. The third kappa shape index (κ3) is 2.84. The van der Waals surface area contributed by atoms with Crippen LogP contribution in [0.25, 0.3) is 11.1 Å². The van der Waals surface area contributed by atoms with E-state index in [9.17, 15) is 14.7 Å². The van der Waals surface area contributed by atoms with Crippen molar-refractivity contribution in [1.82, 2.24) is 0 Å². The quantitative estimate of drug-likeness (QED) is 0.503. The van der Waals surface area contributed by atoms with Gasteiger partial charge in [-0.05, 0) is 47.0 Å². The lowest BCUT2D eigenvalue weighted by Gasteiger charge is -2.09. The zero-order valence-electron chi connectivity index (χ0n) is 12.0. The number of fused-ring (bicyclic) bond motifs is 1. The van der Waals surface area contributed by atoms with Crippen LogP contribution in [0.3, 0.4) is 0 Å². The molecule has 3 rings (SSSR count). The number of guanidine groups is 1. The molecule has 1 aliphatic rings. The van der Waals surface area contributed by atoms with E-state index in [4.69, 9.17) is 11.5 Å². The Hall–Kier alpha value is -3.35. The van der Waals surface area contributed by atoms with Crippen LogP contribution >= 0.6 is 0 Å². The average molecular weight is 310 g/mol. The van der Waals surface area contributed by atoms with Crippen LogP contribution in [0.2, 0.25) is 0 Å². The van der Waals surface area contributed by atoms with E-state index in [2.05, 4.69) is 10.3 Å². The predicted molar refractivity (Wildman–Crippen MR) is 86.6 cm³/mol. The van der Waals surface area contributed by atoms with Crippen molar-refractivity contribution in [3.05, 3.63) is 47.5 Å². The number of hydrogen-bond acceptors (Lipinski definition) is 3. The van der Waals surface area contributed by atoms with Crippen molar-refractivity contribution in [2.24, 2.45) is 16.5 Å². The summed E-state index contributed by atoms with van der Waals surface area (Å²) >= 11 is 0. The number of rotatable bonds is 3. The fraction of sp³-hybridized carbons (Fsp3) is 0.0625. The van der Waals surface area contributed by atoms with Gasteiger partial charge in [0.15, 0.2) is 5.96 Å². The first-order chi connectivity index (χ1) is 10.9. The number of carboxylic acids is 1. The molecule has 1 heterocycles. The monoisotopic (exact) mass is 310 g/mol. The van der Waals surface area contributed by atoms with Crippen LogP contribution in [0.4, 0.5) is 11.4 Å². The zero-order chi connectivity index (χ0) is 16.6. The van der Waals surface area contributed by atoms with Gasteiger partial charge in [-0.3, -0.25) is 4.79 Å². The SMILES string of the molecule is NC(N)=Nc1ccc(C(=O)O)c(-c2ccc3c(c2)CC(=O)N3)c1. The Kier molecular flexibility index (Phi) is 3.46. The lowest BCUT2D eigenvalue weighted by Crippen LogP contribution is -2.21. The summed E-state index contributed by atoms with van der Waals surface area (Å²) in [5.41, 5.74) is 14.1. The number of carbonyl (C=O) groups is 2. The molecule has 2 aromatic carbocycles. The number of aliphatic imine (C=N–C) groups is 1. The third-order valence-corrected chi connectivity index (χ3v) is 3.53. The molecule has 2 aromatic rings. The number of aromatic carboxylic acids is 1. The molecule has 6 N–H and O–H groups in total. The summed E-state index contributed by atoms with van der Waals surface area (Å²) in [5.74, 6) is -1.24. The van der Waals surface area contributed by atoms with Gasteiger partial charge in [0.25, 0.3) is 0 Å². The first kappa shape index (κ1) is 14.6. The van der Waals surface area contributed by atoms with E-state index in [1.54, 1.807) is 24.3 Å². The molecule has 0 fully saturated rings. The van der Waals surface area contributed by atoms with Crippen LogP contribution in [-0.2, 0) is 11.2 Å². The van der Waals surface area contributed by atoms with Crippen LogP contribution in [0.1, 0.15) is 15.9 Å². The predicted octanol–water partition coefficient (Wildman–Crippen LogP) is 1.45. The van der Waals surface area contributed by atoms with Gasteiger partial charge in [-0.1, -0.05) is 6.07 Å². The molecule has 0 saturated carbocycles. The molecule has 7 heteroatoms. The molecule has 0 spiro atoms. The van der Waals surface area contributed by atoms with Gasteiger partial charge in [-0.25, -0.2) is 9.79 Å². The minimum Gasteiger partial charge on any atom is -0.478 e. The summed E-state index contributed by atoms with van der Waals surface area (Å²) in [7, 11) is 0. The molecule has 1 amide bonds. The number of nitrogens with two attached hydrogens (primary N) is 2. The van der Waals surface area contributed by atoms with Crippen molar-refractivity contribution in [1.29, 1.82) is 0 Å². The van der Waals surface area contributed by atoms with Gasteiger partial charge in [0.05, 0.1) is 17.7 Å². The lowest BCUT2D eigenvalue weighted by molar-refractivity contribution is -0.115. The molecule has 0 atom stereocenters. The van der Waals surface area contributed by atoms with E-state index in [0.717, 1.165) is 11.3 Å². The molecule has 0 bridgehead atoms. The highest BCUT2D eigenvalue weighted by Crippen LogP contribution is 2.33. The molecule has 116 valence electrons. The van der Waals surface area contributed by atoms with Crippen molar-refractivity contribution < 1.29 is 14.7 Å². The van der Waals surface area contributed by atoms with Gasteiger partial charge in [0.1, 0.15) is 0 Å². The van der Waals surface area contributed by atoms with E-state index in [-0.39, 0.29) is 23.9 Å². The summed E-state index contributed by atoms with van der Waals surface area (Å²) in [6.45, 7) is 0. The van der Waals surface area contributed by atoms with Crippen LogP contribution in [-0.4, -0.2) is 22.9 Å². The lowest BCUT2D eigenvalue weighted by atomic mass is 9.96. The Balaban J connectivity index is 2.14. The number of benzene rings is 2. The van der Waals surface area contributed by atoms with Crippen molar-refractivity contribution in [2.45, 2.75) is 6.42 Å². The minimum absolute atomic E-state index is 0.0788. The fourth-order valence-electron chi connectivity index (χ4n) is 2.57. The summed E-state index contributed by atoms with van der Waals surface area (Å²) in [5, 5.41) is 12.1. The van der Waals surface area contributed by atoms with Crippen LogP contribution in [0.15, 0.2) is 41.4 Å². The van der Waals surface area contributed by atoms with Crippen molar-refractivity contribution in [3.8, 4) is 11.1 Å². The van der Waals surface area contributed by atoms with E-state index in [1.165, 1.54) is 12.1 Å². The number of carbonyl (C=O) groups excluding carboxylic acids is 1. The smallest absolute Gasteiger partial charge is 0.336 e. The molecule has 0 saturated heterocycles. The molecular weight excluding hydrogens is 296 g/mol. The highest BCUT2D eigenvalue weighted by atomic mass is 16.4. The van der Waals surface area contributed by atoms with Crippen LogP contribution in [0.5, 0.6) is 0 Å². The number of hydrogen-bond donors (Lipinski definition) is 4. The molecule has 1 aliphatic heterocycles. The van der Waals surface area contributed by atoms with Gasteiger partial charge < -0.3 is 21.9 Å². The highest BCUT2D eigenvalue weighted by molar-refractivity contribution is 6.01. The summed E-state index contributed by atoms with van der Waals surface area (Å²) in [6.07, 6.45) is 0.277. The van der Waals surface area contributed by atoms with Crippen LogP contribution in [0, 0.1) is 0 Å². The maximum absolute atomic E-state index is 11.5. The number of anilines is 1. The summed E-state index contributed by atoms with van der Waals surface area (Å²) < 4.78 is 0. The van der Waals surface area contributed by atoms with Gasteiger partial charge >= 0.3 is 5.97 Å². The van der Waals surface area contributed by atoms with Gasteiger partial charge in [0.2, 0.25) is 5.91 Å². The molecule has 0 aromatic heterocycles. The van der Waals surface area contributed by atoms with E-state index in [1.807, 2.05) is 0 Å². The first-order valence-corrected chi connectivity index (χ1v) is 6.84. The fourth-order valence-corrected chi connectivity index (χ4v) is 2.57. The normalized spacial score (nSPS) is 12.4. The second-order valence-electron chi connectivity index (χ2n) is 5.17. The van der Waals surface area contributed by atoms with Crippen molar-refractivity contribution in [3.63, 3.8) is 0 Å². The minimum atomic E-state index is -1.05. The van der Waals surface area contributed by atoms with Gasteiger partial charge in [-0.15, -0.1) is 0 Å². The van der Waals surface area contributed by atoms with Crippen LogP contribution < -0.4 is 16.8 Å². The Morgan fingerprint density at radius 3 is 2.65 bits per heavy atom. The van der Waals surface area contributed by atoms with Crippen molar-refractivity contribution in [2.75, 3.05) is 5.32 Å². The van der Waals surface area contributed by atoms with E-state index < -0.39 is 5.97 Å². The maximum Gasteiger partial charge on any atom is 0.336 e. The summed E-state index contributed by atoms with van der Waals surface area (Å²) in [4.78, 5) is 26.9. The Morgan fingerprint density at radius 2 is 1.96 bits per heavy atom. The molecule has 7 nitrogen and oxygen atoms in total. The standard InChI is InChI=1S/C16H14N4O3/c17-16(18)19-10-2-3-11(15(22)23)12(7-10)8-1-4-13-9(5-8)6-14(21)20-13/h1-5,7H,6H2,(H,20,21)(H,22,23)(H4,17,18,19). The number of nitrogens with one attached hydrogen (secondary N) is 1. The zero-order valence-corrected chi connectivity index (χ0v) is 12.0. The third-order valence-electron chi connectivity index (χ3n) is 3.53. The highest BCUT2D eigenvalue weighted by Gasteiger charge is 2.19. The average Bonchev–Trinajstić information content (AvgIpc) is 2.85. The Morgan fingerprint density at radius 1 is 1.17 bits per heavy atom. The number of amides is 1. The molecular formula is C16H14N4O3. The van der Waals surface area contributed by atoms with Gasteiger partial charge in [0, 0.05) is 5.69 Å². The van der Waals surface area contributed by atoms with E-state index in [0.29, 0.717) is 16.8 Å². The number of nitrogens with zero attached hydrogens (tertiary/aromatic N) is 1. The summed E-state index contributed by atoms with van der Waals surface area (Å²) in [6, 6.07) is 9.91. The largest absolute Gasteiger partial charge is 0.478 e. The van der Waals surface area contributed by atoms with Crippen molar-refractivity contribution >= 4 is 29.2 Å². The Bertz CT molecular complexity index is 854. The maximum atomic E-state index is 11.5. The topological polar surface area (TPSA) is 131 Å². The Labute approximate surface area is 131 Å². The second kappa shape index (κ2) is 5.45. The van der Waals surface area contributed by atoms with Gasteiger partial charge in [-0.2, -0.15) is 0 Å². The second-order valence-corrected chi connectivity index (χ2v) is 5.17.